The second-order valence-corrected chi connectivity index (χ2v) is 6.19. The van der Waals surface area contributed by atoms with Crippen LogP contribution < -0.4 is 4.74 Å². The van der Waals surface area contributed by atoms with Crippen molar-refractivity contribution in [2.75, 3.05) is 26.2 Å². The first-order chi connectivity index (χ1) is 13.4. The van der Waals surface area contributed by atoms with Crippen LogP contribution in [0.5, 0.6) is 5.75 Å². The van der Waals surface area contributed by atoms with Gasteiger partial charge in [-0.3, -0.25) is 0 Å². The molecule has 0 saturated heterocycles. The number of rotatable bonds is 8. The van der Waals surface area contributed by atoms with E-state index < -0.39 is 11.7 Å². The smallest absolute Gasteiger partial charge is 0.416 e. The number of nitrogens with zero attached hydrogens (tertiary/aromatic N) is 2. The van der Waals surface area contributed by atoms with Crippen LogP contribution in [0, 0.1) is 11.3 Å². The number of ether oxygens (including phenoxy) is 1. The maximum Gasteiger partial charge on any atom is 0.416 e. The van der Waals surface area contributed by atoms with Gasteiger partial charge in [-0.25, -0.2) is 0 Å². The molecule has 3 nitrogen and oxygen atoms in total. The van der Waals surface area contributed by atoms with Gasteiger partial charge in [0.25, 0.3) is 0 Å². The van der Waals surface area contributed by atoms with E-state index in [1.54, 1.807) is 30.3 Å². The number of benzene rings is 2. The molecule has 0 aliphatic heterocycles. The Bertz CT molecular complexity index is 815. The van der Waals surface area contributed by atoms with Crippen molar-refractivity contribution in [2.24, 2.45) is 0 Å². The molecule has 0 heterocycles. The molecule has 0 atom stereocenters. The molecule has 0 saturated carbocycles. The maximum absolute atomic E-state index is 12.6. The molecule has 148 valence electrons. The molecule has 2 rings (SSSR count). The molecule has 0 unspecified atom stereocenters. The largest absolute Gasteiger partial charge is 0.492 e. The van der Waals surface area contributed by atoms with E-state index in [2.05, 4.69) is 24.8 Å². The molecule has 2 aromatic rings. The lowest BCUT2D eigenvalue weighted by Crippen LogP contribution is -2.27. The minimum atomic E-state index is -4.37. The standard InChI is InChI=1S/C22H23F3N2O/c1-3-27(4-2)13-14-28-21-11-7-18(8-12-21)19(16-26)15-17-5-9-20(10-6-17)22(23,24)25/h5-12,15H,3-4,13-14H2,1-2H3. The zero-order valence-electron chi connectivity index (χ0n) is 16.0. The van der Waals surface area contributed by atoms with Crippen LogP contribution in [-0.2, 0) is 6.18 Å². The average Bonchev–Trinajstić information content (AvgIpc) is 2.70. The highest BCUT2D eigenvalue weighted by Crippen LogP contribution is 2.29. The second-order valence-electron chi connectivity index (χ2n) is 6.19. The predicted molar refractivity (Wildman–Crippen MR) is 105 cm³/mol. The van der Waals surface area contributed by atoms with Crippen LogP contribution in [0.25, 0.3) is 11.6 Å². The highest BCUT2D eigenvalue weighted by molar-refractivity contribution is 5.89. The number of hydrogen-bond acceptors (Lipinski definition) is 3. The number of likely N-dealkylation sites (N-methyl/N-ethyl adjacent to an activating group) is 1. The third kappa shape index (κ3) is 6.14. The summed E-state index contributed by atoms with van der Waals surface area (Å²) in [5.41, 5.74) is 0.867. The van der Waals surface area contributed by atoms with Crippen molar-refractivity contribution in [3.63, 3.8) is 0 Å². The summed E-state index contributed by atoms with van der Waals surface area (Å²) in [6.45, 7) is 7.56. The van der Waals surface area contributed by atoms with Crippen LogP contribution in [0.3, 0.4) is 0 Å². The number of hydrogen-bond donors (Lipinski definition) is 0. The monoisotopic (exact) mass is 388 g/mol. The van der Waals surface area contributed by atoms with Crippen LogP contribution in [0.1, 0.15) is 30.5 Å². The quantitative estimate of drug-likeness (QED) is 0.443. The summed E-state index contributed by atoms with van der Waals surface area (Å²) in [5.74, 6) is 0.711. The molecule has 0 aliphatic carbocycles. The molecule has 0 fully saturated rings. The molecular formula is C22H23F3N2O. The third-order valence-electron chi connectivity index (χ3n) is 4.41. The van der Waals surface area contributed by atoms with Crippen molar-refractivity contribution in [1.82, 2.24) is 4.90 Å². The topological polar surface area (TPSA) is 36.3 Å². The first kappa shape index (κ1) is 21.5. The van der Waals surface area contributed by atoms with E-state index in [9.17, 15) is 18.4 Å². The average molecular weight is 388 g/mol. The second kappa shape index (κ2) is 9.95. The Morgan fingerprint density at radius 1 is 1.04 bits per heavy atom. The fourth-order valence-electron chi connectivity index (χ4n) is 2.68. The summed E-state index contributed by atoms with van der Waals surface area (Å²) < 4.78 is 43.6. The van der Waals surface area contributed by atoms with Crippen molar-refractivity contribution in [2.45, 2.75) is 20.0 Å². The zero-order chi connectivity index (χ0) is 20.6. The molecule has 0 N–H and O–H groups in total. The Kier molecular flexibility index (Phi) is 7.65. The van der Waals surface area contributed by atoms with Crippen molar-refractivity contribution in [3.05, 3.63) is 65.2 Å². The molecule has 0 spiro atoms. The van der Waals surface area contributed by atoms with E-state index >= 15 is 0 Å². The third-order valence-corrected chi connectivity index (χ3v) is 4.41. The molecule has 0 bridgehead atoms. The van der Waals surface area contributed by atoms with Gasteiger partial charge in [0.1, 0.15) is 12.4 Å². The Morgan fingerprint density at radius 3 is 2.14 bits per heavy atom. The van der Waals surface area contributed by atoms with E-state index in [0.29, 0.717) is 29.1 Å². The van der Waals surface area contributed by atoms with E-state index in [0.717, 1.165) is 31.8 Å². The molecule has 0 aromatic heterocycles. The van der Waals surface area contributed by atoms with Crippen LogP contribution in [0.4, 0.5) is 13.2 Å². The summed E-state index contributed by atoms with van der Waals surface area (Å²) in [7, 11) is 0. The summed E-state index contributed by atoms with van der Waals surface area (Å²) in [4.78, 5) is 2.26. The number of halogens is 3. The first-order valence-corrected chi connectivity index (χ1v) is 9.12. The molecule has 28 heavy (non-hydrogen) atoms. The molecule has 0 radical (unpaired) electrons. The van der Waals surface area contributed by atoms with E-state index in [1.807, 2.05) is 0 Å². The van der Waals surface area contributed by atoms with Gasteiger partial charge < -0.3 is 9.64 Å². The van der Waals surface area contributed by atoms with Crippen molar-refractivity contribution in [1.29, 1.82) is 5.26 Å². The molecule has 2 aromatic carbocycles. The van der Waals surface area contributed by atoms with Gasteiger partial charge in [0.2, 0.25) is 0 Å². The Morgan fingerprint density at radius 2 is 1.64 bits per heavy atom. The van der Waals surface area contributed by atoms with E-state index in [4.69, 9.17) is 4.74 Å². The van der Waals surface area contributed by atoms with Crippen molar-refractivity contribution >= 4 is 11.6 Å². The SMILES string of the molecule is CCN(CC)CCOc1ccc(C(C#N)=Cc2ccc(C(F)(F)F)cc2)cc1. The Hall–Kier alpha value is -2.78. The van der Waals surface area contributed by atoms with Crippen molar-refractivity contribution < 1.29 is 17.9 Å². The number of allylic oxidation sites excluding steroid dienone is 1. The summed E-state index contributed by atoms with van der Waals surface area (Å²) >= 11 is 0. The van der Waals surface area contributed by atoms with Gasteiger partial charge in [-0.1, -0.05) is 26.0 Å². The molecule has 0 aliphatic rings. The van der Waals surface area contributed by atoms with Crippen molar-refractivity contribution in [3.8, 4) is 11.8 Å². The van der Waals surface area contributed by atoms with Gasteiger partial charge in [-0.05, 0) is 66.7 Å². The first-order valence-electron chi connectivity index (χ1n) is 9.12. The fraction of sp³-hybridized carbons (Fsp3) is 0.318. The Balaban J connectivity index is 2.06. The summed E-state index contributed by atoms with van der Waals surface area (Å²) in [6, 6.07) is 13.9. The maximum atomic E-state index is 12.6. The molecule has 0 amide bonds. The van der Waals surface area contributed by atoms with Crippen LogP contribution in [-0.4, -0.2) is 31.1 Å². The van der Waals surface area contributed by atoms with Crippen LogP contribution in [0.2, 0.25) is 0 Å². The van der Waals surface area contributed by atoms with Crippen LogP contribution in [0.15, 0.2) is 48.5 Å². The summed E-state index contributed by atoms with van der Waals surface area (Å²) in [6.07, 6.45) is -2.81. The minimum Gasteiger partial charge on any atom is -0.492 e. The molecule has 6 heteroatoms. The lowest BCUT2D eigenvalue weighted by Gasteiger charge is -2.18. The Labute approximate surface area is 163 Å². The van der Waals surface area contributed by atoms with E-state index in [-0.39, 0.29) is 0 Å². The van der Waals surface area contributed by atoms with Gasteiger partial charge in [-0.15, -0.1) is 0 Å². The van der Waals surface area contributed by atoms with Gasteiger partial charge in [-0.2, -0.15) is 18.4 Å². The van der Waals surface area contributed by atoms with Gasteiger partial charge >= 0.3 is 6.18 Å². The van der Waals surface area contributed by atoms with Gasteiger partial charge in [0.05, 0.1) is 17.2 Å². The summed E-state index contributed by atoms with van der Waals surface area (Å²) in [5, 5.41) is 9.42. The predicted octanol–water partition coefficient (Wildman–Crippen LogP) is 5.49. The highest BCUT2D eigenvalue weighted by atomic mass is 19.4. The zero-order valence-corrected chi connectivity index (χ0v) is 16.0. The van der Waals surface area contributed by atoms with Crippen LogP contribution >= 0.6 is 0 Å². The highest BCUT2D eigenvalue weighted by Gasteiger charge is 2.29. The van der Waals surface area contributed by atoms with Gasteiger partial charge in [0, 0.05) is 6.54 Å². The number of nitriles is 1. The molecular weight excluding hydrogens is 365 g/mol. The van der Waals surface area contributed by atoms with Gasteiger partial charge in [0.15, 0.2) is 0 Å². The number of alkyl halides is 3. The minimum absolute atomic E-state index is 0.370. The lowest BCUT2D eigenvalue weighted by molar-refractivity contribution is -0.137. The van der Waals surface area contributed by atoms with E-state index in [1.165, 1.54) is 12.1 Å². The normalized spacial score (nSPS) is 12.1. The fourth-order valence-corrected chi connectivity index (χ4v) is 2.68. The lowest BCUT2D eigenvalue weighted by atomic mass is 10.0.